The van der Waals surface area contributed by atoms with Gasteiger partial charge >= 0.3 is 0 Å². The molecule has 0 radical (unpaired) electrons. The molecule has 0 saturated carbocycles. The first kappa shape index (κ1) is 15.6. The topological polar surface area (TPSA) is 38.7 Å². The van der Waals surface area contributed by atoms with Gasteiger partial charge in [0.05, 0.1) is 7.11 Å². The first-order valence-corrected chi connectivity index (χ1v) is 6.83. The van der Waals surface area contributed by atoms with Crippen LogP contribution >= 0.6 is 11.6 Å². The van der Waals surface area contributed by atoms with Crippen molar-refractivity contribution in [2.75, 3.05) is 7.11 Å². The van der Waals surface area contributed by atoms with Crippen LogP contribution in [0.15, 0.2) is 42.5 Å². The van der Waals surface area contributed by atoms with Crippen LogP contribution in [-0.4, -0.2) is 18.3 Å². The highest BCUT2D eigenvalue weighted by molar-refractivity contribution is 6.30. The van der Waals surface area contributed by atoms with Gasteiger partial charge in [-0.25, -0.2) is 4.39 Å². The van der Waals surface area contributed by atoms with E-state index in [9.17, 15) is 9.50 Å². The van der Waals surface area contributed by atoms with E-state index >= 15 is 0 Å². The molecule has 0 fully saturated rings. The molecular weight excluding hydrogens is 295 g/mol. The lowest BCUT2D eigenvalue weighted by molar-refractivity contribution is 0.0440. The number of hydrogen-bond acceptors (Lipinski definition) is 3. The third-order valence-corrected chi connectivity index (χ3v) is 3.33. The minimum Gasteiger partial charge on any atom is -0.494 e. The third kappa shape index (κ3) is 3.65. The molecule has 2 aromatic rings. The molecule has 2 unspecified atom stereocenters. The van der Waals surface area contributed by atoms with Crippen LogP contribution in [-0.2, 0) is 0 Å². The number of rotatable bonds is 5. The molecule has 0 spiro atoms. The van der Waals surface area contributed by atoms with Crippen LogP contribution in [0.1, 0.15) is 18.6 Å². The SMILES string of the molecule is COc1cccc(C(O)C(C)Oc2cccc(Cl)c2)c1F. The van der Waals surface area contributed by atoms with E-state index in [0.717, 1.165) is 0 Å². The standard InChI is InChI=1S/C16H16ClFO3/c1-10(21-12-6-3-5-11(17)9-12)16(19)13-7-4-8-14(20-2)15(13)18/h3-10,16,19H,1-2H3. The molecular formula is C16H16ClFO3. The number of hydrogen-bond donors (Lipinski definition) is 1. The van der Waals surface area contributed by atoms with Gasteiger partial charge in [-0.1, -0.05) is 29.8 Å². The molecule has 112 valence electrons. The highest BCUT2D eigenvalue weighted by atomic mass is 35.5. The lowest BCUT2D eigenvalue weighted by atomic mass is 10.0. The quantitative estimate of drug-likeness (QED) is 0.907. The largest absolute Gasteiger partial charge is 0.494 e. The van der Waals surface area contributed by atoms with Crippen LogP contribution in [0.2, 0.25) is 5.02 Å². The Hall–Kier alpha value is -1.78. The van der Waals surface area contributed by atoms with E-state index in [1.54, 1.807) is 37.3 Å². The number of halogens is 2. The average molecular weight is 311 g/mol. The van der Waals surface area contributed by atoms with Gasteiger partial charge in [0.2, 0.25) is 0 Å². The zero-order valence-electron chi connectivity index (χ0n) is 11.7. The fourth-order valence-electron chi connectivity index (χ4n) is 1.99. The average Bonchev–Trinajstić information content (AvgIpc) is 2.47. The van der Waals surface area contributed by atoms with Crippen LogP contribution in [0.4, 0.5) is 4.39 Å². The van der Waals surface area contributed by atoms with Gasteiger partial charge in [0.15, 0.2) is 11.6 Å². The molecule has 3 nitrogen and oxygen atoms in total. The van der Waals surface area contributed by atoms with Crippen molar-refractivity contribution in [3.63, 3.8) is 0 Å². The van der Waals surface area contributed by atoms with E-state index < -0.39 is 18.0 Å². The van der Waals surface area contributed by atoms with Crippen molar-refractivity contribution in [2.45, 2.75) is 19.1 Å². The molecule has 2 atom stereocenters. The Kier molecular flexibility index (Phi) is 5.04. The van der Waals surface area contributed by atoms with Crippen molar-refractivity contribution in [1.29, 1.82) is 0 Å². The van der Waals surface area contributed by atoms with Gasteiger partial charge in [-0.3, -0.25) is 0 Å². The van der Waals surface area contributed by atoms with E-state index in [1.807, 2.05) is 0 Å². The fraction of sp³-hybridized carbons (Fsp3) is 0.250. The van der Waals surface area contributed by atoms with Crippen LogP contribution in [0.5, 0.6) is 11.5 Å². The first-order chi connectivity index (χ1) is 10.0. The molecule has 0 saturated heterocycles. The minimum absolute atomic E-state index is 0.0847. The molecule has 0 bridgehead atoms. The summed E-state index contributed by atoms with van der Waals surface area (Å²) < 4.78 is 24.6. The summed E-state index contributed by atoms with van der Waals surface area (Å²) in [5.41, 5.74) is 0.129. The van der Waals surface area contributed by atoms with E-state index in [2.05, 4.69) is 0 Å². The summed E-state index contributed by atoms with van der Waals surface area (Å²) >= 11 is 5.87. The molecule has 2 aromatic carbocycles. The predicted molar refractivity (Wildman–Crippen MR) is 79.5 cm³/mol. The van der Waals surface area contributed by atoms with E-state index in [0.29, 0.717) is 10.8 Å². The van der Waals surface area contributed by atoms with Gasteiger partial charge in [-0.2, -0.15) is 0 Å². The van der Waals surface area contributed by atoms with Gasteiger partial charge < -0.3 is 14.6 Å². The second-order valence-electron chi connectivity index (χ2n) is 4.59. The van der Waals surface area contributed by atoms with Crippen LogP contribution < -0.4 is 9.47 Å². The van der Waals surface area contributed by atoms with Crippen molar-refractivity contribution in [2.24, 2.45) is 0 Å². The summed E-state index contributed by atoms with van der Waals surface area (Å²) in [5, 5.41) is 10.8. The van der Waals surface area contributed by atoms with Gasteiger partial charge in [-0.05, 0) is 31.2 Å². The minimum atomic E-state index is -1.13. The predicted octanol–water partition coefficient (Wildman–Crippen LogP) is 3.99. The van der Waals surface area contributed by atoms with E-state index in [4.69, 9.17) is 21.1 Å². The van der Waals surface area contributed by atoms with E-state index in [1.165, 1.54) is 19.2 Å². The number of ether oxygens (including phenoxy) is 2. The second-order valence-corrected chi connectivity index (χ2v) is 5.03. The highest BCUT2D eigenvalue weighted by Gasteiger charge is 2.23. The third-order valence-electron chi connectivity index (χ3n) is 3.09. The van der Waals surface area contributed by atoms with Crippen molar-refractivity contribution in [1.82, 2.24) is 0 Å². The molecule has 0 aliphatic carbocycles. The smallest absolute Gasteiger partial charge is 0.170 e. The molecule has 21 heavy (non-hydrogen) atoms. The fourth-order valence-corrected chi connectivity index (χ4v) is 2.17. The number of benzene rings is 2. The lowest BCUT2D eigenvalue weighted by Crippen LogP contribution is -2.22. The summed E-state index contributed by atoms with van der Waals surface area (Å²) in [7, 11) is 1.38. The lowest BCUT2D eigenvalue weighted by Gasteiger charge is -2.22. The van der Waals surface area contributed by atoms with Crippen LogP contribution in [0.3, 0.4) is 0 Å². The molecule has 2 rings (SSSR count). The van der Waals surface area contributed by atoms with Gasteiger partial charge in [0, 0.05) is 10.6 Å². The molecule has 0 aromatic heterocycles. The van der Waals surface area contributed by atoms with Crippen LogP contribution in [0.25, 0.3) is 0 Å². The Balaban J connectivity index is 2.17. The summed E-state index contributed by atoms with van der Waals surface area (Å²) in [5.74, 6) is 0.00732. The zero-order chi connectivity index (χ0) is 15.4. The van der Waals surface area contributed by atoms with Crippen molar-refractivity contribution < 1.29 is 19.0 Å². The summed E-state index contributed by atoms with van der Waals surface area (Å²) in [4.78, 5) is 0. The second kappa shape index (κ2) is 6.78. The molecule has 0 aliphatic heterocycles. The van der Waals surface area contributed by atoms with Crippen LogP contribution in [0, 0.1) is 5.82 Å². The maximum atomic E-state index is 14.1. The summed E-state index contributed by atoms with van der Waals surface area (Å²) in [6.45, 7) is 1.66. The Morgan fingerprint density at radius 1 is 1.19 bits per heavy atom. The van der Waals surface area contributed by atoms with Crippen molar-refractivity contribution in [3.05, 3.63) is 58.9 Å². The monoisotopic (exact) mass is 310 g/mol. The van der Waals surface area contributed by atoms with Crippen molar-refractivity contribution >= 4 is 11.6 Å². The first-order valence-electron chi connectivity index (χ1n) is 6.45. The maximum absolute atomic E-state index is 14.1. The van der Waals surface area contributed by atoms with E-state index in [-0.39, 0.29) is 11.3 Å². The summed E-state index contributed by atoms with van der Waals surface area (Å²) in [6.07, 6.45) is -1.77. The van der Waals surface area contributed by atoms with Gasteiger partial charge in [0.1, 0.15) is 18.0 Å². The van der Waals surface area contributed by atoms with Gasteiger partial charge in [-0.15, -0.1) is 0 Å². The Bertz CT molecular complexity index is 618. The number of methoxy groups -OCH3 is 1. The maximum Gasteiger partial charge on any atom is 0.170 e. The Labute approximate surface area is 127 Å². The normalized spacial score (nSPS) is 13.6. The zero-order valence-corrected chi connectivity index (χ0v) is 12.5. The number of aliphatic hydroxyl groups is 1. The molecule has 5 heteroatoms. The van der Waals surface area contributed by atoms with Crippen molar-refractivity contribution in [3.8, 4) is 11.5 Å². The highest BCUT2D eigenvalue weighted by Crippen LogP contribution is 2.29. The molecule has 1 N–H and O–H groups in total. The van der Waals surface area contributed by atoms with Gasteiger partial charge in [0.25, 0.3) is 0 Å². The molecule has 0 amide bonds. The Morgan fingerprint density at radius 2 is 1.90 bits per heavy atom. The summed E-state index contributed by atoms with van der Waals surface area (Å²) in [6, 6.07) is 11.4. The molecule has 0 heterocycles. The number of aliphatic hydroxyl groups excluding tert-OH is 1. The molecule has 0 aliphatic rings. The Morgan fingerprint density at radius 3 is 2.57 bits per heavy atom.